The lowest BCUT2D eigenvalue weighted by molar-refractivity contribution is -0.129. The second-order valence-electron chi connectivity index (χ2n) is 5.08. The lowest BCUT2D eigenvalue weighted by Gasteiger charge is -2.25. The third-order valence-electron chi connectivity index (χ3n) is 3.46. The highest BCUT2D eigenvalue weighted by Crippen LogP contribution is 2.31. The Morgan fingerprint density at radius 3 is 2.88 bits per heavy atom. The van der Waals surface area contributed by atoms with Gasteiger partial charge in [0.2, 0.25) is 11.2 Å². The van der Waals surface area contributed by atoms with Gasteiger partial charge >= 0.3 is 0 Å². The van der Waals surface area contributed by atoms with Crippen molar-refractivity contribution in [3.8, 4) is 11.5 Å². The standard InChI is InChI=1S/C16H12ClN3O3S/c17-9-4-3-7-13-14(9)18-16(24-13)20-19-15(21)12-8-22-10-5-1-2-6-11(10)23-12/h1-7,12H,8H2,(H,18,20)(H,19,21)/t12-/m1/s1. The number of rotatable bonds is 3. The van der Waals surface area contributed by atoms with E-state index in [1.54, 1.807) is 18.2 Å². The van der Waals surface area contributed by atoms with Crippen LogP contribution in [0, 0.1) is 0 Å². The van der Waals surface area contributed by atoms with Gasteiger partial charge in [0.25, 0.3) is 5.91 Å². The topological polar surface area (TPSA) is 72.5 Å². The quantitative estimate of drug-likeness (QED) is 0.701. The van der Waals surface area contributed by atoms with Crippen LogP contribution in [0.4, 0.5) is 5.13 Å². The average molecular weight is 362 g/mol. The van der Waals surface area contributed by atoms with E-state index < -0.39 is 6.10 Å². The van der Waals surface area contributed by atoms with Gasteiger partial charge in [-0.1, -0.05) is 41.1 Å². The number of amides is 1. The summed E-state index contributed by atoms with van der Waals surface area (Å²) in [6, 6.07) is 12.8. The number of anilines is 1. The molecule has 1 amide bonds. The summed E-state index contributed by atoms with van der Waals surface area (Å²) < 4.78 is 12.1. The van der Waals surface area contributed by atoms with E-state index in [1.807, 2.05) is 24.3 Å². The van der Waals surface area contributed by atoms with E-state index >= 15 is 0 Å². The average Bonchev–Trinajstić information content (AvgIpc) is 3.04. The Morgan fingerprint density at radius 2 is 2.04 bits per heavy atom. The molecule has 3 aromatic rings. The van der Waals surface area contributed by atoms with Gasteiger partial charge in [0, 0.05) is 0 Å². The second kappa shape index (κ2) is 6.18. The zero-order valence-electron chi connectivity index (χ0n) is 12.3. The zero-order chi connectivity index (χ0) is 16.5. The Balaban J connectivity index is 1.42. The lowest BCUT2D eigenvalue weighted by atomic mass is 10.2. The van der Waals surface area contributed by atoms with Gasteiger partial charge in [-0.2, -0.15) is 0 Å². The number of benzene rings is 2. The first-order valence-electron chi connectivity index (χ1n) is 7.20. The molecule has 0 radical (unpaired) electrons. The minimum atomic E-state index is -0.731. The van der Waals surface area contributed by atoms with Crippen LogP contribution in [0.15, 0.2) is 42.5 Å². The fourth-order valence-electron chi connectivity index (χ4n) is 2.31. The molecule has 1 atom stereocenters. The largest absolute Gasteiger partial charge is 0.485 e. The lowest BCUT2D eigenvalue weighted by Crippen LogP contribution is -2.45. The number of hydrogen-bond donors (Lipinski definition) is 2. The molecule has 0 bridgehead atoms. The van der Waals surface area contributed by atoms with Crippen LogP contribution in [-0.2, 0) is 4.79 Å². The summed E-state index contributed by atoms with van der Waals surface area (Å²) in [5.74, 6) is 0.848. The smallest absolute Gasteiger partial charge is 0.283 e. The molecular weight excluding hydrogens is 350 g/mol. The molecule has 0 fully saturated rings. The summed E-state index contributed by atoms with van der Waals surface area (Å²) in [6.07, 6.45) is -0.731. The molecular formula is C16H12ClN3O3S. The molecule has 1 aliphatic heterocycles. The molecule has 1 aliphatic rings. The van der Waals surface area contributed by atoms with Gasteiger partial charge in [0.15, 0.2) is 11.5 Å². The summed E-state index contributed by atoms with van der Waals surface area (Å²) in [5, 5.41) is 1.12. The molecule has 122 valence electrons. The van der Waals surface area contributed by atoms with E-state index in [0.29, 0.717) is 27.2 Å². The summed E-state index contributed by atoms with van der Waals surface area (Å²) in [4.78, 5) is 16.6. The Morgan fingerprint density at radius 1 is 1.21 bits per heavy atom. The van der Waals surface area contributed by atoms with E-state index in [-0.39, 0.29) is 12.5 Å². The number of halogens is 1. The molecule has 8 heteroatoms. The van der Waals surface area contributed by atoms with Crippen molar-refractivity contribution in [3.63, 3.8) is 0 Å². The molecule has 0 saturated carbocycles. The summed E-state index contributed by atoms with van der Waals surface area (Å²) in [5.41, 5.74) is 6.09. The first-order chi connectivity index (χ1) is 11.7. The van der Waals surface area contributed by atoms with Crippen molar-refractivity contribution >= 4 is 44.2 Å². The van der Waals surface area contributed by atoms with Crippen molar-refractivity contribution in [2.24, 2.45) is 0 Å². The van der Waals surface area contributed by atoms with Gasteiger partial charge in [0.1, 0.15) is 12.1 Å². The van der Waals surface area contributed by atoms with E-state index in [9.17, 15) is 4.79 Å². The number of para-hydroxylation sites is 3. The third kappa shape index (κ3) is 2.83. The fourth-order valence-corrected chi connectivity index (χ4v) is 3.43. The molecule has 2 heterocycles. The molecule has 2 aromatic carbocycles. The van der Waals surface area contributed by atoms with E-state index in [1.165, 1.54) is 11.3 Å². The molecule has 6 nitrogen and oxygen atoms in total. The Hall–Kier alpha value is -2.51. The number of nitrogens with zero attached hydrogens (tertiary/aromatic N) is 1. The molecule has 4 rings (SSSR count). The van der Waals surface area contributed by atoms with Crippen molar-refractivity contribution in [1.82, 2.24) is 10.4 Å². The Bertz CT molecular complexity index is 914. The number of aromatic nitrogens is 1. The van der Waals surface area contributed by atoms with Crippen LogP contribution in [0.5, 0.6) is 11.5 Å². The van der Waals surface area contributed by atoms with Gasteiger partial charge in [-0.3, -0.25) is 15.6 Å². The third-order valence-corrected chi connectivity index (χ3v) is 4.70. The number of ether oxygens (including phenoxy) is 2. The van der Waals surface area contributed by atoms with E-state index in [4.69, 9.17) is 21.1 Å². The molecule has 1 aromatic heterocycles. The van der Waals surface area contributed by atoms with Crippen LogP contribution in [-0.4, -0.2) is 23.6 Å². The maximum Gasteiger partial charge on any atom is 0.283 e. The molecule has 24 heavy (non-hydrogen) atoms. The first kappa shape index (κ1) is 15.0. The molecule has 2 N–H and O–H groups in total. The molecule has 0 aliphatic carbocycles. The van der Waals surface area contributed by atoms with Crippen molar-refractivity contribution in [2.75, 3.05) is 12.0 Å². The zero-order valence-corrected chi connectivity index (χ0v) is 13.9. The van der Waals surface area contributed by atoms with E-state index in [2.05, 4.69) is 15.8 Å². The predicted octanol–water partition coefficient (Wildman–Crippen LogP) is 3.23. The van der Waals surface area contributed by atoms with Crippen molar-refractivity contribution in [2.45, 2.75) is 6.10 Å². The number of carbonyl (C=O) groups excluding carboxylic acids is 1. The van der Waals surface area contributed by atoms with Gasteiger partial charge in [0.05, 0.1) is 9.72 Å². The van der Waals surface area contributed by atoms with Crippen molar-refractivity contribution < 1.29 is 14.3 Å². The number of hydrogen-bond acceptors (Lipinski definition) is 6. The Labute approximate surface area is 146 Å². The van der Waals surface area contributed by atoms with Crippen LogP contribution in [0.25, 0.3) is 10.2 Å². The van der Waals surface area contributed by atoms with Crippen molar-refractivity contribution in [1.29, 1.82) is 0 Å². The highest BCUT2D eigenvalue weighted by Gasteiger charge is 2.27. The van der Waals surface area contributed by atoms with Gasteiger partial charge in [-0.05, 0) is 24.3 Å². The van der Waals surface area contributed by atoms with Crippen molar-refractivity contribution in [3.05, 3.63) is 47.5 Å². The minimum absolute atomic E-state index is 0.149. The SMILES string of the molecule is O=C(NNc1nc2c(Cl)cccc2s1)[C@H]1COc2ccccc2O1. The number of carbonyl (C=O) groups is 1. The van der Waals surface area contributed by atoms with Gasteiger partial charge < -0.3 is 9.47 Å². The van der Waals surface area contributed by atoms with Crippen LogP contribution in [0.2, 0.25) is 5.02 Å². The molecule has 0 saturated heterocycles. The maximum absolute atomic E-state index is 12.2. The molecule has 0 spiro atoms. The number of fused-ring (bicyclic) bond motifs is 2. The van der Waals surface area contributed by atoms with Crippen LogP contribution in [0.3, 0.4) is 0 Å². The Kier molecular flexibility index (Phi) is 3.87. The predicted molar refractivity (Wildman–Crippen MR) is 92.7 cm³/mol. The summed E-state index contributed by atoms with van der Waals surface area (Å²) in [7, 11) is 0. The highest BCUT2D eigenvalue weighted by molar-refractivity contribution is 7.22. The number of thiazole rings is 1. The van der Waals surface area contributed by atoms with Crippen LogP contribution in [0.1, 0.15) is 0 Å². The van der Waals surface area contributed by atoms with Crippen LogP contribution >= 0.6 is 22.9 Å². The van der Waals surface area contributed by atoms with E-state index in [0.717, 1.165) is 4.70 Å². The second-order valence-corrected chi connectivity index (χ2v) is 6.52. The molecule has 0 unspecified atom stereocenters. The minimum Gasteiger partial charge on any atom is -0.485 e. The number of nitrogens with one attached hydrogen (secondary N) is 2. The number of hydrazine groups is 1. The monoisotopic (exact) mass is 361 g/mol. The summed E-state index contributed by atoms with van der Waals surface area (Å²) >= 11 is 7.49. The first-order valence-corrected chi connectivity index (χ1v) is 8.39. The highest BCUT2D eigenvalue weighted by atomic mass is 35.5. The fraction of sp³-hybridized carbons (Fsp3) is 0.125. The van der Waals surface area contributed by atoms with Gasteiger partial charge in [-0.15, -0.1) is 0 Å². The summed E-state index contributed by atoms with van der Waals surface area (Å²) in [6.45, 7) is 0.149. The maximum atomic E-state index is 12.2. The van der Waals surface area contributed by atoms with Crippen LogP contribution < -0.4 is 20.3 Å². The normalized spacial score (nSPS) is 16.0. The van der Waals surface area contributed by atoms with Gasteiger partial charge in [-0.25, -0.2) is 4.98 Å².